The molecule has 0 aliphatic carbocycles. The van der Waals surface area contributed by atoms with Crippen LogP contribution in [0.25, 0.3) is 0 Å². The highest BCUT2D eigenvalue weighted by atomic mass is 15.2. The maximum absolute atomic E-state index is 4.64. The fraction of sp³-hybridized carbons (Fsp3) is 0.750. The van der Waals surface area contributed by atoms with Gasteiger partial charge in [0.25, 0.3) is 0 Å². The van der Waals surface area contributed by atoms with Gasteiger partial charge in [0, 0.05) is 31.6 Å². The first kappa shape index (κ1) is 16.0. The summed E-state index contributed by atoms with van der Waals surface area (Å²) in [4.78, 5) is 11.8. The molecule has 1 aliphatic heterocycles. The Hall–Kier alpha value is -1.36. The van der Waals surface area contributed by atoms with Crippen molar-refractivity contribution in [1.82, 2.24) is 14.9 Å². The van der Waals surface area contributed by atoms with E-state index in [1.165, 1.54) is 25.9 Å². The smallest absolute Gasteiger partial charge is 0.134 e. The van der Waals surface area contributed by atoms with E-state index in [4.69, 9.17) is 0 Å². The van der Waals surface area contributed by atoms with Gasteiger partial charge in [-0.3, -0.25) is 0 Å². The molecule has 5 heteroatoms. The lowest BCUT2D eigenvalue weighted by molar-refractivity contribution is 0.352. The van der Waals surface area contributed by atoms with Crippen molar-refractivity contribution in [1.29, 1.82) is 0 Å². The normalized spacial score (nSPS) is 15.4. The summed E-state index contributed by atoms with van der Waals surface area (Å²) >= 11 is 0. The third-order valence-corrected chi connectivity index (χ3v) is 3.97. The molecule has 0 radical (unpaired) electrons. The first-order valence-electron chi connectivity index (χ1n) is 8.32. The van der Waals surface area contributed by atoms with Crippen LogP contribution in [-0.4, -0.2) is 47.6 Å². The summed E-state index contributed by atoms with van der Waals surface area (Å²) in [7, 11) is 0. The van der Waals surface area contributed by atoms with Crippen LogP contribution < -0.4 is 10.6 Å². The highest BCUT2D eigenvalue weighted by molar-refractivity contribution is 5.57. The number of nitrogens with zero attached hydrogens (tertiary/aromatic N) is 3. The second kappa shape index (κ2) is 8.17. The van der Waals surface area contributed by atoms with Crippen molar-refractivity contribution in [2.45, 2.75) is 46.5 Å². The lowest BCUT2D eigenvalue weighted by Gasteiger charge is -2.17. The summed E-state index contributed by atoms with van der Waals surface area (Å²) in [6.45, 7) is 11.9. The Kier molecular flexibility index (Phi) is 6.23. The number of hydrogen-bond acceptors (Lipinski definition) is 5. The van der Waals surface area contributed by atoms with Gasteiger partial charge in [-0.25, -0.2) is 9.97 Å². The van der Waals surface area contributed by atoms with Crippen molar-refractivity contribution in [3.05, 3.63) is 11.4 Å². The average Bonchev–Trinajstić information content (AvgIpc) is 3.01. The lowest BCUT2D eigenvalue weighted by atomic mass is 10.2. The van der Waals surface area contributed by atoms with Crippen molar-refractivity contribution < 1.29 is 0 Å². The third kappa shape index (κ3) is 4.56. The van der Waals surface area contributed by atoms with Crippen LogP contribution in [0.2, 0.25) is 0 Å². The Balaban J connectivity index is 1.98. The van der Waals surface area contributed by atoms with E-state index in [1.807, 2.05) is 0 Å². The molecule has 0 amide bonds. The van der Waals surface area contributed by atoms with Crippen molar-refractivity contribution in [3.8, 4) is 0 Å². The molecule has 1 aromatic rings. The molecule has 0 atom stereocenters. The Labute approximate surface area is 128 Å². The van der Waals surface area contributed by atoms with Crippen molar-refractivity contribution in [2.75, 3.05) is 43.4 Å². The topological polar surface area (TPSA) is 53.1 Å². The second-order valence-electron chi connectivity index (χ2n) is 5.72. The van der Waals surface area contributed by atoms with Crippen LogP contribution in [0.3, 0.4) is 0 Å². The Bertz CT molecular complexity index is 441. The average molecular weight is 291 g/mol. The molecule has 2 heterocycles. The molecule has 0 bridgehead atoms. The summed E-state index contributed by atoms with van der Waals surface area (Å²) in [6.07, 6.45) is 4.65. The molecule has 2 N–H and O–H groups in total. The number of hydrogen-bond donors (Lipinski definition) is 2. The van der Waals surface area contributed by atoms with Crippen LogP contribution in [0.1, 0.15) is 44.5 Å². The molecule has 2 rings (SSSR count). The zero-order valence-corrected chi connectivity index (χ0v) is 13.7. The minimum Gasteiger partial charge on any atom is -0.370 e. The summed E-state index contributed by atoms with van der Waals surface area (Å²) in [5.41, 5.74) is 1.13. The standard InChI is InChI=1S/C16H29N5/c1-4-8-17-15-13(3)16(20-14(5-2)19-15)18-9-12-21-10-6-7-11-21/h4-12H2,1-3H3,(H2,17,18,19,20). The maximum atomic E-state index is 4.64. The van der Waals surface area contributed by atoms with E-state index in [1.54, 1.807) is 0 Å². The van der Waals surface area contributed by atoms with Crippen molar-refractivity contribution in [3.63, 3.8) is 0 Å². The Morgan fingerprint density at radius 3 is 2.19 bits per heavy atom. The van der Waals surface area contributed by atoms with Gasteiger partial charge < -0.3 is 15.5 Å². The number of rotatable bonds is 8. The number of likely N-dealkylation sites (tertiary alicyclic amines) is 1. The predicted octanol–water partition coefficient (Wildman–Crippen LogP) is 2.68. The molecule has 1 aromatic heterocycles. The first-order chi connectivity index (χ1) is 10.2. The fourth-order valence-electron chi connectivity index (χ4n) is 2.65. The zero-order valence-electron chi connectivity index (χ0n) is 13.7. The molecule has 0 aromatic carbocycles. The summed E-state index contributed by atoms with van der Waals surface area (Å²) in [5, 5.41) is 6.91. The maximum Gasteiger partial charge on any atom is 0.134 e. The molecule has 5 nitrogen and oxygen atoms in total. The molecule has 0 spiro atoms. The molecule has 118 valence electrons. The quantitative estimate of drug-likeness (QED) is 0.771. The minimum atomic E-state index is 0.863. The van der Waals surface area contributed by atoms with E-state index in [0.29, 0.717) is 0 Å². The van der Waals surface area contributed by atoms with Gasteiger partial charge in [0.2, 0.25) is 0 Å². The van der Waals surface area contributed by atoms with Gasteiger partial charge in [0.1, 0.15) is 17.5 Å². The number of anilines is 2. The largest absolute Gasteiger partial charge is 0.370 e. The van der Waals surface area contributed by atoms with Gasteiger partial charge in [-0.1, -0.05) is 13.8 Å². The van der Waals surface area contributed by atoms with Gasteiger partial charge in [0.05, 0.1) is 0 Å². The minimum absolute atomic E-state index is 0.863. The molecular weight excluding hydrogens is 262 g/mol. The van der Waals surface area contributed by atoms with Gasteiger partial charge >= 0.3 is 0 Å². The van der Waals surface area contributed by atoms with E-state index in [0.717, 1.165) is 55.5 Å². The fourth-order valence-corrected chi connectivity index (χ4v) is 2.65. The number of nitrogens with one attached hydrogen (secondary N) is 2. The molecule has 0 unspecified atom stereocenters. The lowest BCUT2D eigenvalue weighted by Crippen LogP contribution is -2.26. The van der Waals surface area contributed by atoms with E-state index in [2.05, 4.69) is 46.3 Å². The van der Waals surface area contributed by atoms with Crippen LogP contribution in [0.15, 0.2) is 0 Å². The van der Waals surface area contributed by atoms with Gasteiger partial charge in [-0.15, -0.1) is 0 Å². The Morgan fingerprint density at radius 2 is 1.62 bits per heavy atom. The van der Waals surface area contributed by atoms with Crippen molar-refractivity contribution >= 4 is 11.6 Å². The van der Waals surface area contributed by atoms with E-state index in [-0.39, 0.29) is 0 Å². The highest BCUT2D eigenvalue weighted by Gasteiger charge is 2.12. The Morgan fingerprint density at radius 1 is 1.00 bits per heavy atom. The molecule has 1 aliphatic rings. The van der Waals surface area contributed by atoms with Gasteiger partial charge in [-0.2, -0.15) is 0 Å². The third-order valence-electron chi connectivity index (χ3n) is 3.97. The van der Waals surface area contributed by atoms with Crippen LogP contribution in [0.5, 0.6) is 0 Å². The van der Waals surface area contributed by atoms with Crippen molar-refractivity contribution in [2.24, 2.45) is 0 Å². The summed E-state index contributed by atoms with van der Waals surface area (Å²) in [5.74, 6) is 2.87. The molecule has 1 fully saturated rings. The first-order valence-corrected chi connectivity index (χ1v) is 8.32. The van der Waals surface area contributed by atoms with E-state index in [9.17, 15) is 0 Å². The SMILES string of the molecule is CCCNc1nc(CC)nc(NCCN2CCCC2)c1C. The van der Waals surface area contributed by atoms with Crippen LogP contribution >= 0.6 is 0 Å². The van der Waals surface area contributed by atoms with E-state index >= 15 is 0 Å². The molecule has 0 saturated carbocycles. The van der Waals surface area contributed by atoms with Crippen LogP contribution in [0, 0.1) is 6.92 Å². The van der Waals surface area contributed by atoms with Crippen LogP contribution in [0.4, 0.5) is 11.6 Å². The second-order valence-corrected chi connectivity index (χ2v) is 5.72. The highest BCUT2D eigenvalue weighted by Crippen LogP contribution is 2.20. The zero-order chi connectivity index (χ0) is 15.1. The monoisotopic (exact) mass is 291 g/mol. The van der Waals surface area contributed by atoms with Gasteiger partial charge in [0.15, 0.2) is 0 Å². The molecule has 1 saturated heterocycles. The van der Waals surface area contributed by atoms with Crippen LogP contribution in [-0.2, 0) is 6.42 Å². The van der Waals surface area contributed by atoms with E-state index < -0.39 is 0 Å². The number of aryl methyl sites for hydroxylation is 1. The number of aromatic nitrogens is 2. The summed E-state index contributed by atoms with van der Waals surface area (Å²) in [6, 6.07) is 0. The van der Waals surface area contributed by atoms with Gasteiger partial charge in [-0.05, 0) is 39.3 Å². The summed E-state index contributed by atoms with van der Waals surface area (Å²) < 4.78 is 0. The molecule has 21 heavy (non-hydrogen) atoms. The predicted molar refractivity (Wildman–Crippen MR) is 89.1 cm³/mol. The molecular formula is C16H29N5.